The largest absolute Gasteiger partial charge is 0.494 e. The van der Waals surface area contributed by atoms with E-state index < -0.39 is 5.82 Å². The summed E-state index contributed by atoms with van der Waals surface area (Å²) in [7, 11) is 2.81. The Hall–Kier alpha value is -2.11. The van der Waals surface area contributed by atoms with E-state index >= 15 is 0 Å². The molecule has 0 spiro atoms. The molecule has 1 amide bonds. The number of amides is 1. The van der Waals surface area contributed by atoms with Gasteiger partial charge in [0.2, 0.25) is 0 Å². The summed E-state index contributed by atoms with van der Waals surface area (Å²) >= 11 is 0. The fourth-order valence-electron chi connectivity index (χ4n) is 3.74. The maximum absolute atomic E-state index is 13.8. The predicted molar refractivity (Wildman–Crippen MR) is 85.2 cm³/mol. The summed E-state index contributed by atoms with van der Waals surface area (Å²) in [5, 5.41) is 0. The highest BCUT2D eigenvalue weighted by Crippen LogP contribution is 2.34. The van der Waals surface area contributed by atoms with E-state index in [9.17, 15) is 14.0 Å². The summed E-state index contributed by atoms with van der Waals surface area (Å²) in [5.74, 6) is -0.196. The van der Waals surface area contributed by atoms with Crippen molar-refractivity contribution in [2.75, 3.05) is 20.8 Å². The van der Waals surface area contributed by atoms with Gasteiger partial charge in [0.05, 0.1) is 20.1 Å². The molecular weight excluding hydrogens is 313 g/mol. The SMILES string of the molecule is COC(=O)C1CCC(CN2Cc3cc(F)c(OC)cc3C2=O)CC1. The molecule has 24 heavy (non-hydrogen) atoms. The molecule has 1 aliphatic carbocycles. The third-order valence-electron chi connectivity index (χ3n) is 5.12. The van der Waals surface area contributed by atoms with Crippen molar-refractivity contribution in [3.05, 3.63) is 29.1 Å². The van der Waals surface area contributed by atoms with Crippen LogP contribution in [0.2, 0.25) is 0 Å². The summed E-state index contributed by atoms with van der Waals surface area (Å²) in [6, 6.07) is 2.88. The van der Waals surface area contributed by atoms with E-state index in [4.69, 9.17) is 9.47 Å². The lowest BCUT2D eigenvalue weighted by molar-refractivity contribution is -0.146. The van der Waals surface area contributed by atoms with Gasteiger partial charge in [0, 0.05) is 18.7 Å². The van der Waals surface area contributed by atoms with Crippen LogP contribution in [-0.4, -0.2) is 37.5 Å². The van der Waals surface area contributed by atoms with E-state index in [2.05, 4.69) is 0 Å². The zero-order chi connectivity index (χ0) is 17.3. The highest BCUT2D eigenvalue weighted by molar-refractivity contribution is 5.98. The summed E-state index contributed by atoms with van der Waals surface area (Å²) < 4.78 is 23.6. The Morgan fingerprint density at radius 2 is 1.96 bits per heavy atom. The van der Waals surface area contributed by atoms with Gasteiger partial charge in [0.1, 0.15) is 0 Å². The van der Waals surface area contributed by atoms with Crippen LogP contribution in [0.5, 0.6) is 5.75 Å². The molecule has 0 N–H and O–H groups in total. The zero-order valence-corrected chi connectivity index (χ0v) is 14.0. The highest BCUT2D eigenvalue weighted by Gasteiger charge is 2.33. The van der Waals surface area contributed by atoms with Crippen molar-refractivity contribution in [1.82, 2.24) is 4.90 Å². The van der Waals surface area contributed by atoms with Gasteiger partial charge in [-0.2, -0.15) is 0 Å². The molecular formula is C18H22FNO4. The van der Waals surface area contributed by atoms with Gasteiger partial charge in [-0.15, -0.1) is 0 Å². The molecule has 1 aromatic carbocycles. The van der Waals surface area contributed by atoms with Crippen LogP contribution < -0.4 is 4.74 Å². The van der Waals surface area contributed by atoms with Crippen molar-refractivity contribution in [3.8, 4) is 5.75 Å². The van der Waals surface area contributed by atoms with E-state index in [-0.39, 0.29) is 23.5 Å². The number of hydrogen-bond acceptors (Lipinski definition) is 4. The van der Waals surface area contributed by atoms with E-state index in [1.807, 2.05) is 0 Å². The van der Waals surface area contributed by atoms with Crippen molar-refractivity contribution in [2.24, 2.45) is 11.8 Å². The van der Waals surface area contributed by atoms with Gasteiger partial charge >= 0.3 is 5.97 Å². The molecule has 6 heteroatoms. The average Bonchev–Trinajstić information content (AvgIpc) is 2.89. The van der Waals surface area contributed by atoms with Crippen molar-refractivity contribution < 1.29 is 23.5 Å². The van der Waals surface area contributed by atoms with Crippen LogP contribution >= 0.6 is 0 Å². The third kappa shape index (κ3) is 3.09. The van der Waals surface area contributed by atoms with E-state index in [0.717, 1.165) is 25.7 Å². The Balaban J connectivity index is 1.62. The number of hydrogen-bond donors (Lipinski definition) is 0. The molecule has 0 unspecified atom stereocenters. The molecule has 1 aromatic rings. The lowest BCUT2D eigenvalue weighted by Crippen LogP contribution is -2.33. The number of nitrogens with zero attached hydrogens (tertiary/aromatic N) is 1. The Labute approximate surface area is 140 Å². The summed E-state index contributed by atoms with van der Waals surface area (Å²) in [5.41, 5.74) is 1.23. The number of rotatable bonds is 4. The molecule has 3 rings (SSSR count). The number of fused-ring (bicyclic) bond motifs is 1. The quantitative estimate of drug-likeness (QED) is 0.794. The monoisotopic (exact) mass is 335 g/mol. The average molecular weight is 335 g/mol. The first-order valence-electron chi connectivity index (χ1n) is 8.27. The van der Waals surface area contributed by atoms with Gasteiger partial charge < -0.3 is 14.4 Å². The number of methoxy groups -OCH3 is 2. The molecule has 130 valence electrons. The third-order valence-corrected chi connectivity index (χ3v) is 5.12. The summed E-state index contributed by atoms with van der Waals surface area (Å²) in [4.78, 5) is 25.9. The first-order valence-corrected chi connectivity index (χ1v) is 8.27. The smallest absolute Gasteiger partial charge is 0.308 e. The van der Waals surface area contributed by atoms with Crippen molar-refractivity contribution in [1.29, 1.82) is 0 Å². The minimum atomic E-state index is -0.440. The Kier molecular flexibility index (Phi) is 4.73. The van der Waals surface area contributed by atoms with Crippen LogP contribution in [0.15, 0.2) is 12.1 Å². The molecule has 1 aliphatic heterocycles. The highest BCUT2D eigenvalue weighted by atomic mass is 19.1. The van der Waals surface area contributed by atoms with Crippen LogP contribution in [0, 0.1) is 17.7 Å². The maximum atomic E-state index is 13.8. The first-order chi connectivity index (χ1) is 11.5. The van der Waals surface area contributed by atoms with Crippen molar-refractivity contribution in [3.63, 3.8) is 0 Å². The number of carbonyl (C=O) groups is 2. The molecule has 0 saturated heterocycles. The molecule has 0 bridgehead atoms. The number of halogens is 1. The fourth-order valence-corrected chi connectivity index (χ4v) is 3.74. The minimum absolute atomic E-state index is 0.0175. The molecule has 0 atom stereocenters. The molecule has 1 fully saturated rings. The molecule has 1 heterocycles. The lowest BCUT2D eigenvalue weighted by atomic mass is 9.82. The van der Waals surface area contributed by atoms with Gasteiger partial charge in [-0.3, -0.25) is 9.59 Å². The van der Waals surface area contributed by atoms with Crippen LogP contribution in [-0.2, 0) is 16.1 Å². The van der Waals surface area contributed by atoms with Gasteiger partial charge in [-0.1, -0.05) is 0 Å². The Morgan fingerprint density at radius 3 is 2.58 bits per heavy atom. The second-order valence-electron chi connectivity index (χ2n) is 6.57. The number of ether oxygens (including phenoxy) is 2. The fraction of sp³-hybridized carbons (Fsp3) is 0.556. The molecule has 0 radical (unpaired) electrons. The van der Waals surface area contributed by atoms with Gasteiger partial charge in [0.25, 0.3) is 5.91 Å². The molecule has 1 saturated carbocycles. The number of esters is 1. The van der Waals surface area contributed by atoms with Crippen LogP contribution in [0.1, 0.15) is 41.6 Å². The van der Waals surface area contributed by atoms with Crippen molar-refractivity contribution in [2.45, 2.75) is 32.2 Å². The normalized spacial score (nSPS) is 23.1. The van der Waals surface area contributed by atoms with Gasteiger partial charge in [-0.25, -0.2) is 4.39 Å². The second-order valence-corrected chi connectivity index (χ2v) is 6.57. The van der Waals surface area contributed by atoms with Gasteiger partial charge in [-0.05, 0) is 49.3 Å². The lowest BCUT2D eigenvalue weighted by Gasteiger charge is -2.30. The molecule has 0 aromatic heterocycles. The molecule has 2 aliphatic rings. The Bertz CT molecular complexity index is 653. The first kappa shape index (κ1) is 16.7. The zero-order valence-electron chi connectivity index (χ0n) is 14.0. The molecule has 5 nitrogen and oxygen atoms in total. The van der Waals surface area contributed by atoms with Crippen LogP contribution in [0.3, 0.4) is 0 Å². The maximum Gasteiger partial charge on any atom is 0.308 e. The van der Waals surface area contributed by atoms with E-state index in [0.29, 0.717) is 30.1 Å². The summed E-state index contributed by atoms with van der Waals surface area (Å²) in [6.07, 6.45) is 3.40. The number of carbonyl (C=O) groups excluding carboxylic acids is 2. The summed E-state index contributed by atoms with van der Waals surface area (Å²) in [6.45, 7) is 1.08. The van der Waals surface area contributed by atoms with Crippen LogP contribution in [0.4, 0.5) is 4.39 Å². The Morgan fingerprint density at radius 1 is 1.25 bits per heavy atom. The van der Waals surface area contributed by atoms with E-state index in [1.165, 1.54) is 26.4 Å². The topological polar surface area (TPSA) is 55.8 Å². The van der Waals surface area contributed by atoms with Gasteiger partial charge in [0.15, 0.2) is 11.6 Å². The van der Waals surface area contributed by atoms with Crippen molar-refractivity contribution >= 4 is 11.9 Å². The standard InChI is InChI=1S/C18H22FNO4/c1-23-16-8-14-13(7-15(16)19)10-20(17(14)21)9-11-3-5-12(6-4-11)18(22)24-2/h7-8,11-12H,3-6,9-10H2,1-2H3. The second kappa shape index (κ2) is 6.79. The predicted octanol–water partition coefficient (Wildman–Crippen LogP) is 2.77. The minimum Gasteiger partial charge on any atom is -0.494 e. The number of benzene rings is 1. The van der Waals surface area contributed by atoms with Crippen LogP contribution in [0.25, 0.3) is 0 Å². The van der Waals surface area contributed by atoms with E-state index in [1.54, 1.807) is 4.90 Å².